The van der Waals surface area contributed by atoms with Gasteiger partial charge in [-0.15, -0.1) is 11.8 Å². The number of aromatic nitrogens is 1. The molecule has 0 radical (unpaired) electrons. The fraction of sp³-hybridized carbons (Fsp3) is 0.318. The van der Waals surface area contributed by atoms with Gasteiger partial charge in [0.25, 0.3) is 5.91 Å². The predicted molar refractivity (Wildman–Crippen MR) is 123 cm³/mol. The average Bonchev–Trinajstić information content (AvgIpc) is 3.11. The van der Waals surface area contributed by atoms with E-state index >= 15 is 0 Å². The molecule has 0 aliphatic rings. The lowest BCUT2D eigenvalue weighted by atomic mass is 10.2. The van der Waals surface area contributed by atoms with Crippen LogP contribution in [0.4, 0.5) is 0 Å². The number of benzene rings is 2. The molecule has 0 aliphatic carbocycles. The van der Waals surface area contributed by atoms with Gasteiger partial charge in [-0.3, -0.25) is 9.59 Å². The average molecular weight is 461 g/mol. The Morgan fingerprint density at radius 2 is 1.77 bits per heavy atom. The van der Waals surface area contributed by atoms with Crippen molar-refractivity contribution in [3.05, 3.63) is 52.8 Å². The first-order valence-corrected chi connectivity index (χ1v) is 11.6. The molecular weight excluding hydrogens is 436 g/mol. The minimum atomic E-state index is -0.417. The van der Waals surface area contributed by atoms with Gasteiger partial charge in [0.2, 0.25) is 0 Å². The Labute approximate surface area is 188 Å². The Kier molecular flexibility index (Phi) is 8.13. The molecule has 3 rings (SSSR count). The Bertz CT molecular complexity index is 1120. The van der Waals surface area contributed by atoms with Gasteiger partial charge in [-0.05, 0) is 24.6 Å². The number of fused-ring (bicyclic) bond motifs is 1. The minimum absolute atomic E-state index is 0.0827. The van der Waals surface area contributed by atoms with Gasteiger partial charge in [0.05, 0.1) is 26.6 Å². The number of carbonyl (C=O) groups is 2. The normalized spacial score (nSPS) is 11.5. The molecule has 0 saturated carbocycles. The van der Waals surface area contributed by atoms with Crippen LogP contribution < -0.4 is 14.3 Å². The quantitative estimate of drug-likeness (QED) is 0.454. The highest BCUT2D eigenvalue weighted by molar-refractivity contribution is 7.99. The molecule has 2 aromatic carbocycles. The van der Waals surface area contributed by atoms with Gasteiger partial charge in [0.1, 0.15) is 28.3 Å². The summed E-state index contributed by atoms with van der Waals surface area (Å²) in [7, 11) is 3.12. The number of carbonyl (C=O) groups excluding carboxylic acids is 2. The summed E-state index contributed by atoms with van der Waals surface area (Å²) in [5, 5.41) is 0. The molecule has 31 heavy (non-hydrogen) atoms. The van der Waals surface area contributed by atoms with E-state index in [9.17, 15) is 9.59 Å². The van der Waals surface area contributed by atoms with E-state index in [1.165, 1.54) is 23.1 Å². The number of methoxy groups -OCH3 is 2. The molecule has 3 aromatic rings. The van der Waals surface area contributed by atoms with Crippen molar-refractivity contribution >= 4 is 45.2 Å². The zero-order valence-electron chi connectivity index (χ0n) is 17.6. The number of ether oxygens (including phenoxy) is 3. The third kappa shape index (κ3) is 5.68. The monoisotopic (exact) mass is 460 g/mol. The number of rotatable bonds is 9. The van der Waals surface area contributed by atoms with Crippen molar-refractivity contribution in [2.24, 2.45) is 4.99 Å². The van der Waals surface area contributed by atoms with Gasteiger partial charge >= 0.3 is 5.97 Å². The Balaban J connectivity index is 1.95. The molecule has 0 N–H and O–H groups in total. The molecule has 164 valence electrons. The van der Waals surface area contributed by atoms with Crippen LogP contribution in [0, 0.1) is 0 Å². The molecule has 0 atom stereocenters. The van der Waals surface area contributed by atoms with E-state index in [1.807, 2.05) is 30.3 Å². The second kappa shape index (κ2) is 11.0. The number of nitrogens with zero attached hydrogens (tertiary/aromatic N) is 2. The highest BCUT2D eigenvalue weighted by atomic mass is 32.2. The summed E-state index contributed by atoms with van der Waals surface area (Å²) in [4.78, 5) is 29.5. The van der Waals surface area contributed by atoms with Crippen LogP contribution in [0.3, 0.4) is 0 Å². The Morgan fingerprint density at radius 3 is 2.45 bits per heavy atom. The van der Waals surface area contributed by atoms with Crippen LogP contribution >= 0.6 is 23.1 Å². The highest BCUT2D eigenvalue weighted by Gasteiger charge is 2.19. The van der Waals surface area contributed by atoms with Crippen LogP contribution in [0.15, 0.2) is 47.5 Å². The maximum atomic E-state index is 12.6. The summed E-state index contributed by atoms with van der Waals surface area (Å²) in [5.74, 6) is 1.44. The van der Waals surface area contributed by atoms with Crippen molar-refractivity contribution in [3.63, 3.8) is 0 Å². The van der Waals surface area contributed by atoms with Gasteiger partial charge in [-0.1, -0.05) is 41.7 Å². The first-order chi connectivity index (χ1) is 15.1. The Morgan fingerprint density at radius 1 is 1.06 bits per heavy atom. The van der Waals surface area contributed by atoms with Crippen LogP contribution in [0.1, 0.15) is 12.5 Å². The van der Waals surface area contributed by atoms with Crippen molar-refractivity contribution in [1.82, 2.24) is 4.57 Å². The van der Waals surface area contributed by atoms with Crippen LogP contribution in [0.5, 0.6) is 11.5 Å². The van der Waals surface area contributed by atoms with Crippen molar-refractivity contribution in [2.75, 3.05) is 26.6 Å². The van der Waals surface area contributed by atoms with Gasteiger partial charge in [0.15, 0.2) is 4.80 Å². The summed E-state index contributed by atoms with van der Waals surface area (Å²) >= 11 is 2.77. The number of hydrogen-bond donors (Lipinski definition) is 0. The van der Waals surface area contributed by atoms with Crippen LogP contribution in [0.25, 0.3) is 10.2 Å². The number of esters is 1. The molecule has 1 aromatic heterocycles. The van der Waals surface area contributed by atoms with E-state index in [2.05, 4.69) is 4.99 Å². The fourth-order valence-corrected chi connectivity index (χ4v) is 4.92. The number of amides is 1. The molecular formula is C22H24N2O5S2. The third-order valence-corrected chi connectivity index (χ3v) is 6.42. The van der Waals surface area contributed by atoms with Crippen molar-refractivity contribution < 1.29 is 23.8 Å². The van der Waals surface area contributed by atoms with Crippen LogP contribution in [-0.2, 0) is 26.6 Å². The van der Waals surface area contributed by atoms with Crippen molar-refractivity contribution in [3.8, 4) is 11.5 Å². The van der Waals surface area contributed by atoms with Crippen molar-refractivity contribution in [1.29, 1.82) is 0 Å². The molecule has 9 heteroatoms. The van der Waals surface area contributed by atoms with E-state index < -0.39 is 5.97 Å². The number of thiazole rings is 1. The first kappa shape index (κ1) is 22.9. The molecule has 1 heterocycles. The molecule has 0 unspecified atom stereocenters. The van der Waals surface area contributed by atoms with Crippen LogP contribution in [0.2, 0.25) is 0 Å². The van der Waals surface area contributed by atoms with E-state index in [0.29, 0.717) is 21.8 Å². The summed E-state index contributed by atoms with van der Waals surface area (Å²) < 4.78 is 18.5. The zero-order chi connectivity index (χ0) is 22.2. The van der Waals surface area contributed by atoms with E-state index in [4.69, 9.17) is 14.2 Å². The van der Waals surface area contributed by atoms with E-state index in [-0.39, 0.29) is 24.8 Å². The molecule has 7 nitrogen and oxygen atoms in total. The minimum Gasteiger partial charge on any atom is -0.495 e. The fourth-order valence-electron chi connectivity index (χ4n) is 2.99. The topological polar surface area (TPSA) is 79.1 Å². The largest absolute Gasteiger partial charge is 0.495 e. The summed E-state index contributed by atoms with van der Waals surface area (Å²) in [6.45, 7) is 1.93. The summed E-state index contributed by atoms with van der Waals surface area (Å²) in [6, 6.07) is 13.5. The van der Waals surface area contributed by atoms with E-state index in [0.717, 1.165) is 16.0 Å². The maximum absolute atomic E-state index is 12.6. The molecule has 0 fully saturated rings. The molecule has 0 spiro atoms. The molecule has 1 amide bonds. The standard InChI is InChI=1S/C22H24N2O5S2/c1-4-29-19(26)12-24-20-16(27-2)10-11-17(28-3)21(20)31-22(24)23-18(25)14-30-13-15-8-6-5-7-9-15/h5-11H,4,12-14H2,1-3H3. The first-order valence-electron chi connectivity index (χ1n) is 9.66. The third-order valence-electron chi connectivity index (χ3n) is 4.34. The van der Waals surface area contributed by atoms with Gasteiger partial charge in [-0.2, -0.15) is 4.99 Å². The second-order valence-corrected chi connectivity index (χ2v) is 8.37. The highest BCUT2D eigenvalue weighted by Crippen LogP contribution is 2.35. The van der Waals surface area contributed by atoms with Crippen LogP contribution in [-0.4, -0.2) is 43.0 Å². The van der Waals surface area contributed by atoms with Gasteiger partial charge in [0, 0.05) is 5.75 Å². The smallest absolute Gasteiger partial charge is 0.326 e. The zero-order valence-corrected chi connectivity index (χ0v) is 19.3. The predicted octanol–water partition coefficient (Wildman–Crippen LogP) is 3.64. The summed E-state index contributed by atoms with van der Waals surface area (Å²) in [5.41, 5.74) is 1.79. The lowest BCUT2D eigenvalue weighted by Crippen LogP contribution is -2.23. The number of thioether (sulfide) groups is 1. The van der Waals surface area contributed by atoms with Gasteiger partial charge < -0.3 is 18.8 Å². The lowest BCUT2D eigenvalue weighted by Gasteiger charge is -2.09. The maximum Gasteiger partial charge on any atom is 0.326 e. The van der Waals surface area contributed by atoms with Gasteiger partial charge in [-0.25, -0.2) is 0 Å². The number of hydrogen-bond acceptors (Lipinski definition) is 7. The molecule has 0 bridgehead atoms. The molecule has 0 aliphatic heterocycles. The SMILES string of the molecule is CCOC(=O)Cn1c(=NC(=O)CSCc2ccccc2)sc2c(OC)ccc(OC)c21. The second-order valence-electron chi connectivity index (χ2n) is 6.41. The Hall–Kier alpha value is -2.78. The lowest BCUT2D eigenvalue weighted by molar-refractivity contribution is -0.143. The van der Waals surface area contributed by atoms with Crippen molar-refractivity contribution in [2.45, 2.75) is 19.2 Å². The van der Waals surface area contributed by atoms with E-state index in [1.54, 1.807) is 37.8 Å². The summed E-state index contributed by atoms with van der Waals surface area (Å²) in [6.07, 6.45) is 0. The molecule has 0 saturated heterocycles.